The van der Waals surface area contributed by atoms with Gasteiger partial charge in [0.15, 0.2) is 11.5 Å². The van der Waals surface area contributed by atoms with E-state index in [9.17, 15) is 0 Å². The number of benzene rings is 1. The van der Waals surface area contributed by atoms with E-state index in [1.165, 1.54) is 0 Å². The number of H-pyrrole nitrogens is 1. The van der Waals surface area contributed by atoms with Crippen molar-refractivity contribution in [1.29, 1.82) is 0 Å². The molecule has 0 saturated heterocycles. The molecule has 2 aromatic heterocycles. The summed E-state index contributed by atoms with van der Waals surface area (Å²) in [6, 6.07) is 3.82. The van der Waals surface area contributed by atoms with Crippen molar-refractivity contribution in [2.45, 2.75) is 20.3 Å². The van der Waals surface area contributed by atoms with Crippen LogP contribution in [0.5, 0.6) is 11.5 Å². The van der Waals surface area contributed by atoms with Crippen molar-refractivity contribution in [1.82, 2.24) is 15.2 Å². The first-order valence-electron chi connectivity index (χ1n) is 6.51. The fourth-order valence-electron chi connectivity index (χ4n) is 2.44. The maximum Gasteiger partial charge on any atom is 0.327 e. The molecule has 3 rings (SSSR count). The van der Waals surface area contributed by atoms with Gasteiger partial charge in [-0.3, -0.25) is 0 Å². The average molecular weight is 273 g/mol. The number of fused-ring (bicyclic) bond motifs is 3. The summed E-state index contributed by atoms with van der Waals surface area (Å²) >= 11 is 0. The Balaban J connectivity index is 2.48. The summed E-state index contributed by atoms with van der Waals surface area (Å²) in [5, 5.41) is 7.40. The molecule has 3 aromatic rings. The second-order valence-electron chi connectivity index (χ2n) is 4.58. The number of aryl methyl sites for hydroxylation is 2. The third-order valence-corrected chi connectivity index (χ3v) is 3.44. The Bertz CT molecular complexity index is 795. The van der Waals surface area contributed by atoms with Crippen LogP contribution < -0.4 is 13.9 Å². The van der Waals surface area contributed by atoms with E-state index >= 15 is 0 Å². The number of nitrogens with one attached hydrogen (secondary N) is 1. The first kappa shape index (κ1) is 12.7. The first-order valence-corrected chi connectivity index (χ1v) is 6.51. The smallest absolute Gasteiger partial charge is 0.327 e. The van der Waals surface area contributed by atoms with Gasteiger partial charge < -0.3 is 9.47 Å². The van der Waals surface area contributed by atoms with Gasteiger partial charge in [-0.25, -0.2) is 4.98 Å². The Kier molecular flexibility index (Phi) is 2.93. The number of hydrogen-bond acceptors (Lipinski definition) is 4. The Labute approximate surface area is 116 Å². The molecular weight excluding hydrogens is 256 g/mol. The zero-order valence-electron chi connectivity index (χ0n) is 12.0. The molecule has 0 bridgehead atoms. The van der Waals surface area contributed by atoms with Gasteiger partial charge >= 0.3 is 5.65 Å². The Hall–Kier alpha value is -2.37. The molecule has 1 N–H and O–H groups in total. The van der Waals surface area contributed by atoms with Crippen LogP contribution in [0, 0.1) is 6.92 Å². The molecule has 0 atom stereocenters. The van der Waals surface area contributed by atoms with Gasteiger partial charge in [-0.2, -0.15) is 4.40 Å². The maximum atomic E-state index is 5.38. The number of ether oxygens (including phenoxy) is 2. The minimum absolute atomic E-state index is 0.674. The monoisotopic (exact) mass is 273 g/mol. The zero-order chi connectivity index (χ0) is 14.3. The van der Waals surface area contributed by atoms with Crippen LogP contribution in [0.1, 0.15) is 18.4 Å². The van der Waals surface area contributed by atoms with Crippen LogP contribution in [-0.2, 0) is 6.42 Å². The van der Waals surface area contributed by atoms with Gasteiger partial charge in [0.05, 0.1) is 14.2 Å². The molecule has 0 amide bonds. The van der Waals surface area contributed by atoms with Gasteiger partial charge in [-0.1, -0.05) is 6.92 Å². The van der Waals surface area contributed by atoms with Crippen molar-refractivity contribution in [3.8, 4) is 11.5 Å². The summed E-state index contributed by atoms with van der Waals surface area (Å²) in [4.78, 5) is 4.60. The molecule has 0 aliphatic rings. The van der Waals surface area contributed by atoms with Gasteiger partial charge in [0.25, 0.3) is 0 Å². The lowest BCUT2D eigenvalue weighted by Crippen LogP contribution is -2.27. The topological polar surface area (TPSA) is 64.1 Å². The van der Waals surface area contributed by atoms with E-state index < -0.39 is 0 Å². The SMILES string of the molecule is CCc1[nH]nc2c(C)nc3cc(OC)c(OC)cc3[n+]12. The normalized spacial score (nSPS) is 11.2. The van der Waals surface area contributed by atoms with Crippen molar-refractivity contribution in [3.05, 3.63) is 23.7 Å². The Morgan fingerprint density at radius 3 is 2.55 bits per heavy atom. The highest BCUT2D eigenvalue weighted by Crippen LogP contribution is 2.30. The minimum atomic E-state index is 0.674. The highest BCUT2D eigenvalue weighted by atomic mass is 16.5. The zero-order valence-corrected chi connectivity index (χ0v) is 12.0. The van der Waals surface area contributed by atoms with E-state index in [1.807, 2.05) is 19.1 Å². The molecule has 2 heterocycles. The quantitative estimate of drug-likeness (QED) is 0.736. The van der Waals surface area contributed by atoms with Crippen LogP contribution in [0.4, 0.5) is 0 Å². The number of methoxy groups -OCH3 is 2. The van der Waals surface area contributed by atoms with Crippen molar-refractivity contribution < 1.29 is 13.9 Å². The van der Waals surface area contributed by atoms with Crippen LogP contribution in [0.2, 0.25) is 0 Å². The van der Waals surface area contributed by atoms with Gasteiger partial charge in [0.2, 0.25) is 5.82 Å². The molecule has 0 radical (unpaired) electrons. The van der Waals surface area contributed by atoms with Crippen molar-refractivity contribution in [3.63, 3.8) is 0 Å². The first-order chi connectivity index (χ1) is 9.69. The number of hydrogen-bond donors (Lipinski definition) is 1. The standard InChI is InChI=1S/C14H16N4O2/c1-5-13-16-17-14-8(2)15-9-6-11(19-3)12(20-4)7-10(9)18(13)14/h6-7H,5H2,1-4H3/p+1. The third-order valence-electron chi connectivity index (χ3n) is 3.44. The fourth-order valence-corrected chi connectivity index (χ4v) is 2.44. The number of aromatic amines is 1. The number of nitrogens with zero attached hydrogens (tertiary/aromatic N) is 3. The summed E-state index contributed by atoms with van der Waals surface area (Å²) in [6.07, 6.45) is 0.855. The lowest BCUT2D eigenvalue weighted by atomic mass is 10.2. The highest BCUT2D eigenvalue weighted by Gasteiger charge is 2.20. The van der Waals surface area contributed by atoms with Gasteiger partial charge in [0, 0.05) is 23.7 Å². The molecule has 6 heteroatoms. The summed E-state index contributed by atoms with van der Waals surface area (Å²) in [5.74, 6) is 2.39. The predicted molar refractivity (Wildman–Crippen MR) is 74.3 cm³/mol. The van der Waals surface area contributed by atoms with E-state index in [-0.39, 0.29) is 0 Å². The lowest BCUT2D eigenvalue weighted by Gasteiger charge is -2.09. The fraction of sp³-hybridized carbons (Fsp3) is 0.357. The van der Waals surface area contributed by atoms with Crippen molar-refractivity contribution in [2.75, 3.05) is 14.2 Å². The van der Waals surface area contributed by atoms with E-state index in [1.54, 1.807) is 14.2 Å². The third kappa shape index (κ3) is 1.68. The Morgan fingerprint density at radius 1 is 1.20 bits per heavy atom. The molecule has 0 spiro atoms. The van der Waals surface area contributed by atoms with Gasteiger partial charge in [0.1, 0.15) is 16.7 Å². The van der Waals surface area contributed by atoms with Gasteiger partial charge in [-0.15, -0.1) is 5.10 Å². The van der Waals surface area contributed by atoms with Crippen molar-refractivity contribution >= 4 is 16.7 Å². The molecule has 104 valence electrons. The molecular formula is C14H17N4O2+. The van der Waals surface area contributed by atoms with Crippen LogP contribution in [-0.4, -0.2) is 29.4 Å². The molecule has 1 aromatic carbocycles. The predicted octanol–water partition coefficient (Wildman–Crippen LogP) is 1.58. The molecule has 0 fully saturated rings. The number of rotatable bonds is 3. The molecule has 20 heavy (non-hydrogen) atoms. The lowest BCUT2D eigenvalue weighted by molar-refractivity contribution is -0.492. The summed E-state index contributed by atoms with van der Waals surface area (Å²) in [7, 11) is 3.25. The van der Waals surface area contributed by atoms with Crippen LogP contribution in [0.15, 0.2) is 12.1 Å². The van der Waals surface area contributed by atoms with E-state index in [2.05, 4.69) is 26.5 Å². The molecule has 0 saturated carbocycles. The van der Waals surface area contributed by atoms with E-state index in [4.69, 9.17) is 9.47 Å². The minimum Gasteiger partial charge on any atom is -0.493 e. The van der Waals surface area contributed by atoms with Crippen LogP contribution >= 0.6 is 0 Å². The molecule has 0 aliphatic heterocycles. The summed E-state index contributed by atoms with van der Waals surface area (Å²) in [6.45, 7) is 4.04. The maximum absolute atomic E-state index is 5.38. The average Bonchev–Trinajstić information content (AvgIpc) is 2.91. The number of aromatic nitrogens is 4. The Morgan fingerprint density at radius 2 is 1.90 bits per heavy atom. The summed E-state index contributed by atoms with van der Waals surface area (Å²) in [5.41, 5.74) is 3.52. The van der Waals surface area contributed by atoms with Crippen LogP contribution in [0.25, 0.3) is 16.7 Å². The molecule has 0 unspecified atom stereocenters. The van der Waals surface area contributed by atoms with Crippen LogP contribution in [0.3, 0.4) is 0 Å². The molecule has 0 aliphatic carbocycles. The summed E-state index contributed by atoms with van der Waals surface area (Å²) < 4.78 is 12.8. The van der Waals surface area contributed by atoms with E-state index in [0.717, 1.165) is 34.6 Å². The largest absolute Gasteiger partial charge is 0.493 e. The van der Waals surface area contributed by atoms with Crippen molar-refractivity contribution in [2.24, 2.45) is 0 Å². The molecule has 6 nitrogen and oxygen atoms in total. The second kappa shape index (κ2) is 4.63. The van der Waals surface area contributed by atoms with E-state index in [0.29, 0.717) is 11.5 Å². The van der Waals surface area contributed by atoms with Gasteiger partial charge in [-0.05, 0) is 6.92 Å². The second-order valence-corrected chi connectivity index (χ2v) is 4.58. The highest BCUT2D eigenvalue weighted by molar-refractivity contribution is 5.77.